The highest BCUT2D eigenvalue weighted by molar-refractivity contribution is 5.60. The molecule has 2 heterocycles. The summed E-state index contributed by atoms with van der Waals surface area (Å²) in [6.45, 7) is 6.59. The van der Waals surface area contributed by atoms with E-state index >= 15 is 0 Å². The molecule has 1 saturated heterocycles. The Morgan fingerprint density at radius 2 is 1.95 bits per heavy atom. The van der Waals surface area contributed by atoms with E-state index in [1.807, 2.05) is 48.8 Å². The summed E-state index contributed by atoms with van der Waals surface area (Å²) in [5.74, 6) is 0.342. The quantitative estimate of drug-likeness (QED) is 0.880. The first-order valence-electron chi connectivity index (χ1n) is 7.60. The average Bonchev–Trinajstić information content (AvgIpc) is 2.57. The van der Waals surface area contributed by atoms with Gasteiger partial charge in [0.2, 0.25) is 0 Å². The fourth-order valence-corrected chi connectivity index (χ4v) is 3.06. The molecule has 1 unspecified atom stereocenters. The van der Waals surface area contributed by atoms with Crippen molar-refractivity contribution in [2.24, 2.45) is 0 Å². The number of para-hydroxylation sites is 2. The third-order valence-electron chi connectivity index (χ3n) is 4.14. The Kier molecular flexibility index (Phi) is 4.28. The van der Waals surface area contributed by atoms with Crippen LogP contribution >= 0.6 is 0 Å². The minimum Gasteiger partial charge on any atom is -0.506 e. The first-order valence-corrected chi connectivity index (χ1v) is 7.60. The van der Waals surface area contributed by atoms with Crippen molar-refractivity contribution < 1.29 is 5.11 Å². The number of aromatic hydroxyl groups is 1. The predicted octanol–water partition coefficient (Wildman–Crippen LogP) is 3.06. The lowest BCUT2D eigenvalue weighted by atomic mass is 10.1. The highest BCUT2D eigenvalue weighted by atomic mass is 16.3. The minimum absolute atomic E-state index is 0.299. The summed E-state index contributed by atoms with van der Waals surface area (Å²) in [6.07, 6.45) is 6.49. The van der Waals surface area contributed by atoms with Crippen LogP contribution in [0.4, 0.5) is 11.4 Å². The van der Waals surface area contributed by atoms with E-state index in [0.717, 1.165) is 31.7 Å². The van der Waals surface area contributed by atoms with Crippen LogP contribution in [0.25, 0.3) is 0 Å². The molecule has 2 aromatic rings. The second-order valence-corrected chi connectivity index (χ2v) is 5.51. The molecule has 0 spiro atoms. The highest BCUT2D eigenvalue weighted by Crippen LogP contribution is 2.31. The normalized spacial score (nSPS) is 18.3. The van der Waals surface area contributed by atoms with E-state index in [1.165, 1.54) is 5.69 Å². The molecular weight excluding hydrogens is 274 g/mol. The predicted molar refractivity (Wildman–Crippen MR) is 90.5 cm³/mol. The van der Waals surface area contributed by atoms with E-state index in [1.54, 1.807) is 6.07 Å². The van der Waals surface area contributed by atoms with E-state index in [-0.39, 0.29) is 0 Å². The molecule has 0 amide bonds. The molecule has 3 rings (SSSR count). The molecule has 1 aliphatic rings. The summed E-state index contributed by atoms with van der Waals surface area (Å²) in [4.78, 5) is 8.74. The molecular formula is C18H21N3O. The van der Waals surface area contributed by atoms with Gasteiger partial charge in [-0.3, -0.25) is 4.98 Å². The number of nitrogens with zero attached hydrogens (tertiary/aromatic N) is 3. The van der Waals surface area contributed by atoms with E-state index in [2.05, 4.69) is 21.4 Å². The van der Waals surface area contributed by atoms with E-state index < -0.39 is 0 Å². The lowest BCUT2D eigenvalue weighted by Gasteiger charge is -2.43. The Bertz CT molecular complexity index is 629. The zero-order valence-electron chi connectivity index (χ0n) is 12.6. The van der Waals surface area contributed by atoms with Crippen LogP contribution in [0.15, 0.2) is 61.4 Å². The molecule has 1 aromatic heterocycles. The SMILES string of the molecule is C=CCC1CN(c2ccncc2)CCN1c1ccccc1O. The molecule has 22 heavy (non-hydrogen) atoms. The van der Waals surface area contributed by atoms with Gasteiger partial charge in [0.15, 0.2) is 0 Å². The van der Waals surface area contributed by atoms with Crippen LogP contribution in [0, 0.1) is 0 Å². The number of rotatable bonds is 4. The molecule has 1 fully saturated rings. The van der Waals surface area contributed by atoms with Gasteiger partial charge in [0.25, 0.3) is 0 Å². The lowest BCUT2D eigenvalue weighted by Crippen LogP contribution is -2.53. The van der Waals surface area contributed by atoms with Gasteiger partial charge in [-0.25, -0.2) is 0 Å². The average molecular weight is 295 g/mol. The topological polar surface area (TPSA) is 39.6 Å². The maximum atomic E-state index is 10.1. The third kappa shape index (κ3) is 2.91. The van der Waals surface area contributed by atoms with Crippen molar-refractivity contribution in [3.8, 4) is 5.75 Å². The molecule has 1 atom stereocenters. The van der Waals surface area contributed by atoms with Gasteiger partial charge >= 0.3 is 0 Å². The van der Waals surface area contributed by atoms with Crippen molar-refractivity contribution in [1.82, 2.24) is 4.98 Å². The number of piperazine rings is 1. The smallest absolute Gasteiger partial charge is 0.138 e. The first kappa shape index (κ1) is 14.4. The Hall–Kier alpha value is -2.49. The number of pyridine rings is 1. The number of phenols is 1. The monoisotopic (exact) mass is 295 g/mol. The fourth-order valence-electron chi connectivity index (χ4n) is 3.06. The van der Waals surface area contributed by atoms with Gasteiger partial charge in [0.05, 0.1) is 11.7 Å². The van der Waals surface area contributed by atoms with Crippen molar-refractivity contribution in [1.29, 1.82) is 0 Å². The Balaban J connectivity index is 1.83. The summed E-state index contributed by atoms with van der Waals surface area (Å²) in [7, 11) is 0. The highest BCUT2D eigenvalue weighted by Gasteiger charge is 2.27. The maximum Gasteiger partial charge on any atom is 0.138 e. The van der Waals surface area contributed by atoms with Gasteiger partial charge in [-0.15, -0.1) is 6.58 Å². The number of aromatic nitrogens is 1. The van der Waals surface area contributed by atoms with Gasteiger partial charge in [0.1, 0.15) is 5.75 Å². The number of anilines is 2. The summed E-state index contributed by atoms with van der Waals surface area (Å²) in [5, 5.41) is 10.1. The van der Waals surface area contributed by atoms with E-state index in [0.29, 0.717) is 11.8 Å². The van der Waals surface area contributed by atoms with Crippen LogP contribution in [0.2, 0.25) is 0 Å². The zero-order valence-corrected chi connectivity index (χ0v) is 12.6. The van der Waals surface area contributed by atoms with Gasteiger partial charge in [0, 0.05) is 37.7 Å². The molecule has 4 nitrogen and oxygen atoms in total. The fraction of sp³-hybridized carbons (Fsp3) is 0.278. The van der Waals surface area contributed by atoms with Gasteiger partial charge in [-0.1, -0.05) is 18.2 Å². The maximum absolute atomic E-state index is 10.1. The Labute approximate surface area is 131 Å². The molecule has 0 bridgehead atoms. The van der Waals surface area contributed by atoms with Crippen LogP contribution in [0.3, 0.4) is 0 Å². The van der Waals surface area contributed by atoms with E-state index in [4.69, 9.17) is 0 Å². The van der Waals surface area contributed by atoms with Gasteiger partial charge in [-0.05, 0) is 30.7 Å². The van der Waals surface area contributed by atoms with Crippen molar-refractivity contribution in [2.45, 2.75) is 12.5 Å². The third-order valence-corrected chi connectivity index (χ3v) is 4.14. The summed E-state index contributed by atoms with van der Waals surface area (Å²) < 4.78 is 0. The van der Waals surface area contributed by atoms with Crippen molar-refractivity contribution in [3.05, 3.63) is 61.4 Å². The molecule has 1 aromatic carbocycles. The minimum atomic E-state index is 0.299. The molecule has 0 aliphatic carbocycles. The molecule has 114 valence electrons. The van der Waals surface area contributed by atoms with Crippen LogP contribution in [0.5, 0.6) is 5.75 Å². The standard InChI is InChI=1S/C18H21N3O/c1-2-5-16-14-20(15-8-10-19-11-9-15)12-13-21(16)17-6-3-4-7-18(17)22/h2-4,6-11,16,22H,1,5,12-14H2. The van der Waals surface area contributed by atoms with Crippen molar-refractivity contribution in [3.63, 3.8) is 0 Å². The second kappa shape index (κ2) is 6.52. The van der Waals surface area contributed by atoms with Crippen LogP contribution in [-0.4, -0.2) is 35.8 Å². The molecule has 1 aliphatic heterocycles. The van der Waals surface area contributed by atoms with Crippen LogP contribution in [-0.2, 0) is 0 Å². The summed E-state index contributed by atoms with van der Waals surface area (Å²) in [5.41, 5.74) is 2.10. The largest absolute Gasteiger partial charge is 0.506 e. The Morgan fingerprint density at radius 1 is 1.18 bits per heavy atom. The number of hydrogen-bond acceptors (Lipinski definition) is 4. The second-order valence-electron chi connectivity index (χ2n) is 5.51. The number of benzene rings is 1. The molecule has 0 radical (unpaired) electrons. The lowest BCUT2D eigenvalue weighted by molar-refractivity contribution is 0.462. The summed E-state index contributed by atoms with van der Waals surface area (Å²) in [6, 6.07) is 11.9. The number of hydrogen-bond donors (Lipinski definition) is 1. The molecule has 1 N–H and O–H groups in total. The van der Waals surface area contributed by atoms with Crippen molar-refractivity contribution in [2.75, 3.05) is 29.4 Å². The first-order chi connectivity index (χ1) is 10.8. The Morgan fingerprint density at radius 3 is 2.68 bits per heavy atom. The molecule has 0 saturated carbocycles. The zero-order chi connectivity index (χ0) is 15.4. The van der Waals surface area contributed by atoms with Gasteiger partial charge < -0.3 is 14.9 Å². The van der Waals surface area contributed by atoms with Crippen molar-refractivity contribution >= 4 is 11.4 Å². The summed E-state index contributed by atoms with van der Waals surface area (Å²) >= 11 is 0. The van der Waals surface area contributed by atoms with E-state index in [9.17, 15) is 5.11 Å². The van der Waals surface area contributed by atoms with Gasteiger partial charge in [-0.2, -0.15) is 0 Å². The van der Waals surface area contributed by atoms with Crippen LogP contribution in [0.1, 0.15) is 6.42 Å². The molecule has 4 heteroatoms. The number of phenolic OH excluding ortho intramolecular Hbond substituents is 1. The van der Waals surface area contributed by atoms with Crippen LogP contribution < -0.4 is 9.80 Å².